The van der Waals surface area contributed by atoms with Crippen LogP contribution in [0.25, 0.3) is 11.3 Å². The van der Waals surface area contributed by atoms with Crippen molar-refractivity contribution >= 4 is 17.4 Å². The summed E-state index contributed by atoms with van der Waals surface area (Å²) in [6, 6.07) is 9.67. The number of pyridine rings is 1. The summed E-state index contributed by atoms with van der Waals surface area (Å²) in [6.07, 6.45) is 3.14. The fourth-order valence-corrected chi connectivity index (χ4v) is 3.76. The normalized spacial score (nSPS) is 18.2. The van der Waals surface area contributed by atoms with Gasteiger partial charge in [0.1, 0.15) is 29.2 Å². The van der Waals surface area contributed by atoms with Gasteiger partial charge in [-0.25, -0.2) is 18.7 Å². The molecule has 166 valence electrons. The second-order valence-corrected chi connectivity index (χ2v) is 8.57. The van der Waals surface area contributed by atoms with Crippen molar-refractivity contribution in [3.05, 3.63) is 66.0 Å². The van der Waals surface area contributed by atoms with Crippen molar-refractivity contribution in [3.8, 4) is 11.3 Å². The standard InChI is InChI=1S/C24H25F2N5O/c1-15(2)19-9-8-16(12-27-19)23(32)30-21-20(17-6-4-5-7-18(17)25)28-14-29-22(21)31-11-10-24(3,26)13-31/h4-9,12,14-15H,10-11,13H2,1-3H3,(H,30,32). The van der Waals surface area contributed by atoms with Crippen molar-refractivity contribution in [2.75, 3.05) is 23.3 Å². The number of carbonyl (C=O) groups excluding carboxylic acids is 1. The lowest BCUT2D eigenvalue weighted by molar-refractivity contribution is 0.102. The predicted octanol–water partition coefficient (Wildman–Crippen LogP) is 4.99. The summed E-state index contributed by atoms with van der Waals surface area (Å²) in [6.45, 7) is 6.12. The Labute approximate surface area is 185 Å². The lowest BCUT2D eigenvalue weighted by Gasteiger charge is -2.23. The first-order chi connectivity index (χ1) is 15.2. The number of alkyl halides is 1. The first-order valence-electron chi connectivity index (χ1n) is 10.6. The highest BCUT2D eigenvalue weighted by Crippen LogP contribution is 2.38. The summed E-state index contributed by atoms with van der Waals surface area (Å²) in [5.74, 6) is -0.310. The van der Waals surface area contributed by atoms with E-state index < -0.39 is 17.4 Å². The molecule has 1 unspecified atom stereocenters. The van der Waals surface area contributed by atoms with Gasteiger partial charge < -0.3 is 10.2 Å². The highest BCUT2D eigenvalue weighted by Gasteiger charge is 2.36. The van der Waals surface area contributed by atoms with Gasteiger partial charge >= 0.3 is 0 Å². The zero-order chi connectivity index (χ0) is 22.9. The van der Waals surface area contributed by atoms with Crippen LogP contribution in [0.15, 0.2) is 48.9 Å². The van der Waals surface area contributed by atoms with Gasteiger partial charge in [-0.3, -0.25) is 9.78 Å². The van der Waals surface area contributed by atoms with Crippen LogP contribution in [-0.4, -0.2) is 39.6 Å². The molecule has 4 rings (SSSR count). The van der Waals surface area contributed by atoms with Crippen LogP contribution < -0.4 is 10.2 Å². The van der Waals surface area contributed by atoms with Crippen LogP contribution in [0.4, 0.5) is 20.3 Å². The molecule has 0 bridgehead atoms. The molecule has 2 aromatic heterocycles. The van der Waals surface area contributed by atoms with Crippen LogP contribution in [0, 0.1) is 5.82 Å². The summed E-state index contributed by atoms with van der Waals surface area (Å²) >= 11 is 0. The molecule has 1 N–H and O–H groups in total. The molecule has 1 aliphatic heterocycles. The molecule has 3 aromatic rings. The minimum absolute atomic E-state index is 0.119. The summed E-state index contributed by atoms with van der Waals surface area (Å²) in [5, 5.41) is 2.84. The molecular weight excluding hydrogens is 412 g/mol. The molecule has 1 amide bonds. The first kappa shape index (κ1) is 21.8. The van der Waals surface area contributed by atoms with Gasteiger partial charge in [-0.15, -0.1) is 0 Å². The number of halogens is 2. The average molecular weight is 437 g/mol. The molecule has 1 atom stereocenters. The number of nitrogens with one attached hydrogen (secondary N) is 1. The number of hydrogen-bond acceptors (Lipinski definition) is 5. The Morgan fingerprint density at radius 3 is 2.56 bits per heavy atom. The number of hydrogen-bond donors (Lipinski definition) is 1. The number of rotatable bonds is 5. The Kier molecular flexibility index (Phi) is 5.86. The minimum Gasteiger partial charge on any atom is -0.351 e. The predicted molar refractivity (Wildman–Crippen MR) is 120 cm³/mol. The van der Waals surface area contributed by atoms with E-state index in [0.717, 1.165) is 5.69 Å². The van der Waals surface area contributed by atoms with Gasteiger partial charge in [-0.1, -0.05) is 26.0 Å². The number of benzene rings is 1. The summed E-state index contributed by atoms with van der Waals surface area (Å²) in [5.41, 5.74) is 0.550. The maximum atomic E-state index is 14.6. The second kappa shape index (κ2) is 8.61. The van der Waals surface area contributed by atoms with Crippen LogP contribution in [0.3, 0.4) is 0 Å². The quantitative estimate of drug-likeness (QED) is 0.609. The van der Waals surface area contributed by atoms with Gasteiger partial charge in [-0.2, -0.15) is 0 Å². The fourth-order valence-electron chi connectivity index (χ4n) is 3.76. The van der Waals surface area contributed by atoms with E-state index in [9.17, 15) is 13.6 Å². The van der Waals surface area contributed by atoms with E-state index in [2.05, 4.69) is 20.3 Å². The van der Waals surface area contributed by atoms with Gasteiger partial charge in [-0.05, 0) is 37.1 Å². The smallest absolute Gasteiger partial charge is 0.257 e. The van der Waals surface area contributed by atoms with Crippen molar-refractivity contribution in [2.24, 2.45) is 0 Å². The Bertz CT molecular complexity index is 1130. The van der Waals surface area contributed by atoms with E-state index in [1.165, 1.54) is 25.5 Å². The first-order valence-corrected chi connectivity index (χ1v) is 10.6. The Hall–Kier alpha value is -3.42. The van der Waals surface area contributed by atoms with E-state index in [0.29, 0.717) is 24.3 Å². The summed E-state index contributed by atoms with van der Waals surface area (Å²) in [7, 11) is 0. The lowest BCUT2D eigenvalue weighted by Crippen LogP contribution is -2.28. The SMILES string of the molecule is CC(C)c1ccc(C(=O)Nc2c(-c3ccccc3F)ncnc2N2CCC(C)(F)C2)cn1. The van der Waals surface area contributed by atoms with Crippen molar-refractivity contribution in [3.63, 3.8) is 0 Å². The van der Waals surface area contributed by atoms with Crippen LogP contribution in [0.5, 0.6) is 0 Å². The Morgan fingerprint density at radius 1 is 1.16 bits per heavy atom. The second-order valence-electron chi connectivity index (χ2n) is 8.57. The monoisotopic (exact) mass is 437 g/mol. The molecule has 0 aliphatic carbocycles. The number of amides is 1. The van der Waals surface area contributed by atoms with Crippen LogP contribution in [-0.2, 0) is 0 Å². The molecule has 1 aromatic carbocycles. The Morgan fingerprint density at radius 2 is 1.94 bits per heavy atom. The third kappa shape index (κ3) is 4.44. The molecule has 3 heterocycles. The number of aromatic nitrogens is 3. The summed E-state index contributed by atoms with van der Waals surface area (Å²) in [4.78, 5) is 27.7. The Balaban J connectivity index is 1.76. The molecule has 6 nitrogen and oxygen atoms in total. The van der Waals surface area contributed by atoms with Crippen molar-refractivity contribution in [1.29, 1.82) is 0 Å². The van der Waals surface area contributed by atoms with E-state index in [-0.39, 0.29) is 29.4 Å². The van der Waals surface area contributed by atoms with Crippen LogP contribution in [0.2, 0.25) is 0 Å². The molecule has 0 spiro atoms. The van der Waals surface area contributed by atoms with Gasteiger partial charge in [0, 0.05) is 30.4 Å². The lowest BCUT2D eigenvalue weighted by atomic mass is 10.1. The number of nitrogens with zero attached hydrogens (tertiary/aromatic N) is 4. The van der Waals surface area contributed by atoms with E-state index >= 15 is 0 Å². The molecule has 8 heteroatoms. The molecular formula is C24H25F2N5O. The molecule has 1 fully saturated rings. The number of anilines is 2. The van der Waals surface area contributed by atoms with E-state index in [4.69, 9.17) is 0 Å². The molecule has 1 saturated heterocycles. The highest BCUT2D eigenvalue weighted by molar-refractivity contribution is 6.07. The molecule has 0 radical (unpaired) electrons. The molecule has 32 heavy (non-hydrogen) atoms. The molecule has 1 aliphatic rings. The largest absolute Gasteiger partial charge is 0.351 e. The van der Waals surface area contributed by atoms with Gasteiger partial charge in [0.15, 0.2) is 5.82 Å². The summed E-state index contributed by atoms with van der Waals surface area (Å²) < 4.78 is 29.2. The van der Waals surface area contributed by atoms with E-state index in [1.807, 2.05) is 13.8 Å². The molecule has 0 saturated carbocycles. The van der Waals surface area contributed by atoms with Crippen molar-refractivity contribution < 1.29 is 13.6 Å². The number of carbonyl (C=O) groups is 1. The fraction of sp³-hybridized carbons (Fsp3) is 0.333. The zero-order valence-electron chi connectivity index (χ0n) is 18.3. The van der Waals surface area contributed by atoms with Gasteiger partial charge in [0.05, 0.1) is 12.1 Å². The van der Waals surface area contributed by atoms with Crippen LogP contribution >= 0.6 is 0 Å². The third-order valence-electron chi connectivity index (χ3n) is 5.56. The maximum absolute atomic E-state index is 14.6. The van der Waals surface area contributed by atoms with Crippen LogP contribution in [0.1, 0.15) is 49.2 Å². The van der Waals surface area contributed by atoms with E-state index in [1.54, 1.807) is 35.2 Å². The topological polar surface area (TPSA) is 71.0 Å². The maximum Gasteiger partial charge on any atom is 0.257 e. The highest BCUT2D eigenvalue weighted by atomic mass is 19.1. The third-order valence-corrected chi connectivity index (χ3v) is 5.56. The minimum atomic E-state index is -1.37. The zero-order valence-corrected chi connectivity index (χ0v) is 18.3. The van der Waals surface area contributed by atoms with Gasteiger partial charge in [0.2, 0.25) is 0 Å². The average Bonchev–Trinajstić information content (AvgIpc) is 3.14. The van der Waals surface area contributed by atoms with Crippen molar-refractivity contribution in [2.45, 2.75) is 38.8 Å². The van der Waals surface area contributed by atoms with Crippen molar-refractivity contribution in [1.82, 2.24) is 15.0 Å². The van der Waals surface area contributed by atoms with Gasteiger partial charge in [0.25, 0.3) is 5.91 Å².